The maximum Gasteiger partial charge on any atom is 0.148 e. The fraction of sp³-hybridized carbons (Fsp3) is 0.409. The number of ether oxygens (including phenoxy) is 1. The molecular formula is C22H27N3OS. The summed E-state index contributed by atoms with van der Waals surface area (Å²) >= 11 is 1.59. The third kappa shape index (κ3) is 6.14. The molecule has 27 heavy (non-hydrogen) atoms. The van der Waals surface area contributed by atoms with Crippen molar-refractivity contribution in [2.75, 3.05) is 6.61 Å². The van der Waals surface area contributed by atoms with E-state index < -0.39 is 0 Å². The number of benzene rings is 1. The van der Waals surface area contributed by atoms with Crippen LogP contribution in [0.2, 0.25) is 0 Å². The number of hydrogen-bond acceptors (Lipinski definition) is 5. The van der Waals surface area contributed by atoms with Crippen LogP contribution in [0.4, 0.5) is 0 Å². The van der Waals surface area contributed by atoms with Crippen LogP contribution in [0.15, 0.2) is 48.8 Å². The van der Waals surface area contributed by atoms with E-state index in [9.17, 15) is 0 Å². The molecule has 0 N–H and O–H groups in total. The Labute approximate surface area is 165 Å². The van der Waals surface area contributed by atoms with E-state index in [2.05, 4.69) is 34.2 Å². The monoisotopic (exact) mass is 381 g/mol. The Morgan fingerprint density at radius 2 is 1.33 bits per heavy atom. The lowest BCUT2D eigenvalue weighted by Crippen LogP contribution is -1.97. The van der Waals surface area contributed by atoms with Gasteiger partial charge < -0.3 is 4.74 Å². The molecule has 0 unspecified atom stereocenters. The molecule has 0 aliphatic carbocycles. The molecule has 4 nitrogen and oxygen atoms in total. The quantitative estimate of drug-likeness (QED) is 0.361. The van der Waals surface area contributed by atoms with Crippen LogP contribution in [-0.4, -0.2) is 21.8 Å². The highest BCUT2D eigenvalue weighted by Crippen LogP contribution is 2.30. The Balaban J connectivity index is 1.45. The molecule has 2 heterocycles. The van der Waals surface area contributed by atoms with Crippen molar-refractivity contribution in [1.82, 2.24) is 15.2 Å². The smallest absolute Gasteiger partial charge is 0.148 e. The van der Waals surface area contributed by atoms with Gasteiger partial charge in [-0.05, 0) is 42.8 Å². The molecule has 0 fully saturated rings. The number of unbranched alkanes of at least 4 members (excludes halogenated alkanes) is 6. The topological polar surface area (TPSA) is 47.9 Å². The third-order valence-corrected chi connectivity index (χ3v) is 5.49. The van der Waals surface area contributed by atoms with Crippen molar-refractivity contribution in [3.8, 4) is 26.9 Å². The summed E-state index contributed by atoms with van der Waals surface area (Å²) in [4.78, 5) is 4.04. The molecule has 0 amide bonds. The van der Waals surface area contributed by atoms with Gasteiger partial charge >= 0.3 is 0 Å². The zero-order chi connectivity index (χ0) is 18.7. The van der Waals surface area contributed by atoms with E-state index in [-0.39, 0.29) is 0 Å². The zero-order valence-electron chi connectivity index (χ0n) is 15.9. The summed E-state index contributed by atoms with van der Waals surface area (Å²) in [6.45, 7) is 3.04. The third-order valence-electron chi connectivity index (χ3n) is 4.47. The van der Waals surface area contributed by atoms with Gasteiger partial charge in [-0.25, -0.2) is 0 Å². The van der Waals surface area contributed by atoms with Gasteiger partial charge in [0.25, 0.3) is 0 Å². The first-order valence-corrected chi connectivity index (χ1v) is 10.7. The molecule has 0 atom stereocenters. The number of aromatic nitrogens is 3. The molecule has 0 aliphatic heterocycles. The van der Waals surface area contributed by atoms with Crippen molar-refractivity contribution in [3.05, 3.63) is 48.8 Å². The number of rotatable bonds is 11. The van der Waals surface area contributed by atoms with Crippen molar-refractivity contribution >= 4 is 11.3 Å². The molecule has 0 aliphatic rings. The van der Waals surface area contributed by atoms with Gasteiger partial charge in [0.2, 0.25) is 0 Å². The summed E-state index contributed by atoms with van der Waals surface area (Å²) in [6, 6.07) is 12.0. The number of hydrogen-bond donors (Lipinski definition) is 0. The first-order chi connectivity index (χ1) is 13.4. The van der Waals surface area contributed by atoms with E-state index in [1.807, 2.05) is 24.3 Å². The van der Waals surface area contributed by atoms with Gasteiger partial charge in [0, 0.05) is 23.5 Å². The average molecular weight is 382 g/mol. The molecule has 0 saturated carbocycles. The Kier molecular flexibility index (Phi) is 7.78. The summed E-state index contributed by atoms with van der Waals surface area (Å²) in [5, 5.41) is 10.4. The summed E-state index contributed by atoms with van der Waals surface area (Å²) in [5.74, 6) is 0.920. The van der Waals surface area contributed by atoms with Gasteiger partial charge in [-0.1, -0.05) is 56.8 Å². The van der Waals surface area contributed by atoms with Gasteiger partial charge in [0.1, 0.15) is 15.8 Å². The van der Waals surface area contributed by atoms with Crippen LogP contribution in [0.5, 0.6) is 5.75 Å². The Hall–Kier alpha value is -2.27. The predicted molar refractivity (Wildman–Crippen MR) is 112 cm³/mol. The highest BCUT2D eigenvalue weighted by atomic mass is 32.1. The van der Waals surface area contributed by atoms with Crippen molar-refractivity contribution < 1.29 is 4.74 Å². The second-order valence-corrected chi connectivity index (χ2v) is 7.62. The highest BCUT2D eigenvalue weighted by Gasteiger charge is 2.08. The normalized spacial score (nSPS) is 10.9. The van der Waals surface area contributed by atoms with Crippen LogP contribution in [0, 0.1) is 0 Å². The maximum absolute atomic E-state index is 5.86. The van der Waals surface area contributed by atoms with Gasteiger partial charge in [-0.3, -0.25) is 4.98 Å². The van der Waals surface area contributed by atoms with Gasteiger partial charge in [0.15, 0.2) is 0 Å². The van der Waals surface area contributed by atoms with E-state index in [1.165, 1.54) is 38.5 Å². The SMILES string of the molecule is CCCCCCCCCOc1ccc(-c2nnc(-c3ccncc3)s2)cc1. The molecule has 3 aromatic rings. The van der Waals surface area contributed by atoms with Crippen molar-refractivity contribution in [2.45, 2.75) is 51.9 Å². The van der Waals surface area contributed by atoms with E-state index in [4.69, 9.17) is 4.74 Å². The Morgan fingerprint density at radius 1 is 0.741 bits per heavy atom. The number of nitrogens with zero attached hydrogens (tertiary/aromatic N) is 3. The van der Waals surface area contributed by atoms with E-state index in [1.54, 1.807) is 23.7 Å². The van der Waals surface area contributed by atoms with E-state index >= 15 is 0 Å². The van der Waals surface area contributed by atoms with Crippen molar-refractivity contribution in [2.24, 2.45) is 0 Å². The summed E-state index contributed by atoms with van der Waals surface area (Å²) in [7, 11) is 0. The lowest BCUT2D eigenvalue weighted by Gasteiger charge is -2.06. The maximum atomic E-state index is 5.86. The molecule has 0 saturated heterocycles. The van der Waals surface area contributed by atoms with Crippen LogP contribution in [0.25, 0.3) is 21.1 Å². The minimum atomic E-state index is 0.790. The van der Waals surface area contributed by atoms with Crippen LogP contribution < -0.4 is 4.74 Å². The van der Waals surface area contributed by atoms with Crippen LogP contribution in [0.3, 0.4) is 0 Å². The molecule has 0 spiro atoms. The average Bonchev–Trinajstić information content (AvgIpc) is 3.21. The lowest BCUT2D eigenvalue weighted by molar-refractivity contribution is 0.304. The summed E-state index contributed by atoms with van der Waals surface area (Å²) in [5.41, 5.74) is 2.11. The van der Waals surface area contributed by atoms with Gasteiger partial charge in [-0.2, -0.15) is 0 Å². The molecular weight excluding hydrogens is 354 g/mol. The largest absolute Gasteiger partial charge is 0.494 e. The molecule has 142 valence electrons. The minimum absolute atomic E-state index is 0.790. The predicted octanol–water partition coefficient (Wildman–Crippen LogP) is 6.40. The fourth-order valence-electron chi connectivity index (χ4n) is 2.89. The van der Waals surface area contributed by atoms with E-state index in [0.717, 1.165) is 39.9 Å². The van der Waals surface area contributed by atoms with Crippen molar-refractivity contribution in [3.63, 3.8) is 0 Å². The second-order valence-electron chi connectivity index (χ2n) is 6.64. The molecule has 2 aromatic heterocycles. The Bertz CT molecular complexity index is 787. The molecule has 0 bridgehead atoms. The van der Waals surface area contributed by atoms with Crippen molar-refractivity contribution in [1.29, 1.82) is 0 Å². The lowest BCUT2D eigenvalue weighted by atomic mass is 10.1. The summed E-state index contributed by atoms with van der Waals surface area (Å²) < 4.78 is 5.86. The van der Waals surface area contributed by atoms with Crippen LogP contribution in [0.1, 0.15) is 51.9 Å². The van der Waals surface area contributed by atoms with E-state index in [0.29, 0.717) is 0 Å². The highest BCUT2D eigenvalue weighted by molar-refractivity contribution is 7.17. The molecule has 1 aromatic carbocycles. The standard InChI is InChI=1S/C22H27N3OS/c1-2-3-4-5-6-7-8-17-26-20-11-9-18(10-12-20)21-24-25-22(27-21)19-13-15-23-16-14-19/h9-16H,2-8,17H2,1H3. The first kappa shape index (κ1) is 19.5. The number of pyridine rings is 1. The van der Waals surface area contributed by atoms with Crippen LogP contribution in [-0.2, 0) is 0 Å². The van der Waals surface area contributed by atoms with Crippen LogP contribution >= 0.6 is 11.3 Å². The second kappa shape index (κ2) is 10.8. The summed E-state index contributed by atoms with van der Waals surface area (Å²) in [6.07, 6.45) is 12.6. The van der Waals surface area contributed by atoms with Gasteiger partial charge in [-0.15, -0.1) is 10.2 Å². The Morgan fingerprint density at radius 3 is 2.00 bits per heavy atom. The first-order valence-electron chi connectivity index (χ1n) is 9.84. The minimum Gasteiger partial charge on any atom is -0.494 e. The molecule has 0 radical (unpaired) electrons. The fourth-order valence-corrected chi connectivity index (χ4v) is 3.75. The molecule has 3 rings (SSSR count). The molecule has 5 heteroatoms. The van der Waals surface area contributed by atoms with Gasteiger partial charge in [0.05, 0.1) is 6.61 Å². The zero-order valence-corrected chi connectivity index (χ0v) is 16.8.